The van der Waals surface area contributed by atoms with Crippen molar-refractivity contribution in [1.82, 2.24) is 0 Å². The Kier molecular flexibility index (Phi) is 6.14. The lowest BCUT2D eigenvalue weighted by Gasteiger charge is -2.07. The van der Waals surface area contributed by atoms with Gasteiger partial charge in [0, 0.05) is 14.9 Å². The molecule has 0 aliphatic carbocycles. The number of hydrogen-bond donors (Lipinski definition) is 0. The Labute approximate surface area is 110 Å². The quantitative estimate of drug-likeness (QED) is 0.421. The van der Waals surface area contributed by atoms with E-state index in [-0.39, 0.29) is 5.78 Å². The molecule has 0 unspecified atom stereocenters. The molecule has 1 aromatic rings. The number of Topliss-reactive ketones (excluding diaryl/α,β-unsaturated/α-hetero) is 1. The summed E-state index contributed by atoms with van der Waals surface area (Å²) in [6, 6.07) is 5.86. The van der Waals surface area contributed by atoms with Crippen LogP contribution in [0.2, 0.25) is 0 Å². The van der Waals surface area contributed by atoms with Gasteiger partial charge in [0.2, 0.25) is 0 Å². The molecule has 1 aromatic carbocycles. The van der Waals surface area contributed by atoms with Crippen LogP contribution in [0, 0.1) is 0 Å². The molecular formula is C13H17BrOS. The van der Waals surface area contributed by atoms with Gasteiger partial charge in [0.25, 0.3) is 0 Å². The normalized spacial score (nSPS) is 10.4. The van der Waals surface area contributed by atoms with Crippen molar-refractivity contribution < 1.29 is 4.79 Å². The fraction of sp³-hybridized carbons (Fsp3) is 0.462. The molecule has 0 saturated heterocycles. The molecule has 0 N–H and O–H groups in total. The Balaban J connectivity index is 2.68. The largest absolute Gasteiger partial charge is 0.294 e. The maximum absolute atomic E-state index is 11.4. The molecule has 0 amide bonds. The first-order valence-electron chi connectivity index (χ1n) is 5.58. The molecule has 0 aliphatic rings. The first kappa shape index (κ1) is 13.8. The van der Waals surface area contributed by atoms with Crippen LogP contribution in [0.1, 0.15) is 43.5 Å². The smallest absolute Gasteiger partial charge is 0.160 e. The number of rotatable bonds is 6. The summed E-state index contributed by atoms with van der Waals surface area (Å²) in [5, 5.41) is 0. The van der Waals surface area contributed by atoms with Gasteiger partial charge < -0.3 is 0 Å². The molecule has 0 saturated carbocycles. The Morgan fingerprint density at radius 3 is 2.75 bits per heavy atom. The second kappa shape index (κ2) is 7.13. The Hall–Kier alpha value is -0.280. The van der Waals surface area contributed by atoms with Crippen molar-refractivity contribution in [2.75, 3.05) is 5.75 Å². The molecule has 0 fully saturated rings. The van der Waals surface area contributed by atoms with E-state index in [9.17, 15) is 4.79 Å². The van der Waals surface area contributed by atoms with E-state index in [1.165, 1.54) is 19.3 Å². The van der Waals surface area contributed by atoms with Crippen LogP contribution in [0.3, 0.4) is 0 Å². The summed E-state index contributed by atoms with van der Waals surface area (Å²) < 4.78 is 1.04. The van der Waals surface area contributed by atoms with Crippen LogP contribution in [0.5, 0.6) is 0 Å². The lowest BCUT2D eigenvalue weighted by atomic mass is 10.1. The summed E-state index contributed by atoms with van der Waals surface area (Å²) in [7, 11) is 0. The van der Waals surface area contributed by atoms with Crippen molar-refractivity contribution in [2.24, 2.45) is 0 Å². The summed E-state index contributed by atoms with van der Waals surface area (Å²) >= 11 is 5.22. The number of unbranched alkanes of at least 4 members (excludes halogenated alkanes) is 2. The highest BCUT2D eigenvalue weighted by Crippen LogP contribution is 2.27. The molecule has 0 spiro atoms. The highest BCUT2D eigenvalue weighted by Gasteiger charge is 2.07. The summed E-state index contributed by atoms with van der Waals surface area (Å²) in [5.41, 5.74) is 0.838. The Bertz CT molecular complexity index is 363. The van der Waals surface area contributed by atoms with E-state index in [1.54, 1.807) is 18.7 Å². The maximum Gasteiger partial charge on any atom is 0.160 e. The summed E-state index contributed by atoms with van der Waals surface area (Å²) in [4.78, 5) is 12.5. The number of thioether (sulfide) groups is 1. The molecule has 88 valence electrons. The lowest BCUT2D eigenvalue weighted by molar-refractivity contribution is 0.101. The fourth-order valence-electron chi connectivity index (χ4n) is 1.44. The zero-order valence-electron chi connectivity index (χ0n) is 9.75. The summed E-state index contributed by atoms with van der Waals surface area (Å²) in [5.74, 6) is 1.23. The zero-order chi connectivity index (χ0) is 12.0. The van der Waals surface area contributed by atoms with Crippen molar-refractivity contribution in [2.45, 2.75) is 38.0 Å². The number of halogens is 1. The van der Waals surface area contributed by atoms with Crippen molar-refractivity contribution >= 4 is 33.5 Å². The van der Waals surface area contributed by atoms with Gasteiger partial charge >= 0.3 is 0 Å². The first-order valence-corrected chi connectivity index (χ1v) is 7.36. The third-order valence-electron chi connectivity index (χ3n) is 2.33. The minimum atomic E-state index is 0.144. The minimum Gasteiger partial charge on any atom is -0.294 e. The molecule has 0 heterocycles. The lowest BCUT2D eigenvalue weighted by Crippen LogP contribution is -1.95. The molecule has 3 heteroatoms. The molecule has 0 radical (unpaired) electrons. The number of carbonyl (C=O) groups excluding carboxylic acids is 1. The Morgan fingerprint density at radius 1 is 1.38 bits per heavy atom. The van der Waals surface area contributed by atoms with Gasteiger partial charge in [-0.2, -0.15) is 0 Å². The molecule has 0 aromatic heterocycles. The summed E-state index contributed by atoms with van der Waals surface area (Å²) in [6.45, 7) is 3.82. The number of hydrogen-bond acceptors (Lipinski definition) is 2. The van der Waals surface area contributed by atoms with Crippen molar-refractivity contribution in [1.29, 1.82) is 0 Å². The maximum atomic E-state index is 11.4. The SMILES string of the molecule is CCCCCSc1cc(Br)ccc1C(C)=O. The van der Waals surface area contributed by atoms with E-state index in [0.717, 1.165) is 20.7 Å². The van der Waals surface area contributed by atoms with Crippen LogP contribution >= 0.6 is 27.7 Å². The van der Waals surface area contributed by atoms with Crippen molar-refractivity contribution in [3.8, 4) is 0 Å². The first-order chi connectivity index (χ1) is 7.65. The van der Waals surface area contributed by atoms with Gasteiger partial charge in [0.15, 0.2) is 5.78 Å². The van der Waals surface area contributed by atoms with Gasteiger partial charge in [-0.3, -0.25) is 4.79 Å². The fourth-order valence-corrected chi connectivity index (χ4v) is 3.10. The van der Waals surface area contributed by atoms with Crippen molar-refractivity contribution in [3.63, 3.8) is 0 Å². The van der Waals surface area contributed by atoms with Gasteiger partial charge in [-0.25, -0.2) is 0 Å². The third kappa shape index (κ3) is 4.30. The zero-order valence-corrected chi connectivity index (χ0v) is 12.2. The molecule has 1 rings (SSSR count). The van der Waals surface area contributed by atoms with Gasteiger partial charge in [0.1, 0.15) is 0 Å². The predicted molar refractivity (Wildman–Crippen MR) is 74.4 cm³/mol. The molecular weight excluding hydrogens is 284 g/mol. The van der Waals surface area contributed by atoms with Crippen LogP contribution in [0.4, 0.5) is 0 Å². The summed E-state index contributed by atoms with van der Waals surface area (Å²) in [6.07, 6.45) is 3.71. The van der Waals surface area contributed by atoms with E-state index in [2.05, 4.69) is 22.9 Å². The van der Waals surface area contributed by atoms with Gasteiger partial charge in [-0.1, -0.05) is 35.7 Å². The molecule has 0 aliphatic heterocycles. The monoisotopic (exact) mass is 300 g/mol. The van der Waals surface area contributed by atoms with Crippen LogP contribution in [0.15, 0.2) is 27.6 Å². The molecule has 0 atom stereocenters. The highest BCUT2D eigenvalue weighted by molar-refractivity contribution is 9.10. The highest BCUT2D eigenvalue weighted by atomic mass is 79.9. The van der Waals surface area contributed by atoms with E-state index in [4.69, 9.17) is 0 Å². The van der Waals surface area contributed by atoms with E-state index in [0.29, 0.717) is 0 Å². The van der Waals surface area contributed by atoms with E-state index < -0.39 is 0 Å². The number of benzene rings is 1. The number of ketones is 1. The average molecular weight is 301 g/mol. The second-order valence-corrected chi connectivity index (χ2v) is 5.80. The number of carbonyl (C=O) groups is 1. The molecule has 1 nitrogen and oxygen atoms in total. The molecule has 0 bridgehead atoms. The minimum absolute atomic E-state index is 0.144. The van der Waals surface area contributed by atoms with Crippen molar-refractivity contribution in [3.05, 3.63) is 28.2 Å². The van der Waals surface area contributed by atoms with Crippen LogP contribution in [0.25, 0.3) is 0 Å². The third-order valence-corrected chi connectivity index (χ3v) is 3.96. The topological polar surface area (TPSA) is 17.1 Å². The van der Waals surface area contributed by atoms with Crippen LogP contribution < -0.4 is 0 Å². The van der Waals surface area contributed by atoms with E-state index >= 15 is 0 Å². The van der Waals surface area contributed by atoms with Gasteiger partial charge in [-0.15, -0.1) is 11.8 Å². The predicted octanol–water partition coefficient (Wildman–Crippen LogP) is 4.93. The van der Waals surface area contributed by atoms with Gasteiger partial charge in [-0.05, 0) is 37.3 Å². The van der Waals surface area contributed by atoms with E-state index in [1.807, 2.05) is 18.2 Å². The second-order valence-electron chi connectivity index (χ2n) is 3.75. The standard InChI is InChI=1S/C13H17BrOS/c1-3-4-5-8-16-13-9-11(14)6-7-12(13)10(2)15/h6-7,9H,3-5,8H2,1-2H3. The Morgan fingerprint density at radius 2 is 2.12 bits per heavy atom. The average Bonchev–Trinajstić information content (AvgIpc) is 2.24. The molecule has 16 heavy (non-hydrogen) atoms. The van der Waals surface area contributed by atoms with Gasteiger partial charge in [0.05, 0.1) is 0 Å². The van der Waals surface area contributed by atoms with Crippen LogP contribution in [-0.4, -0.2) is 11.5 Å². The van der Waals surface area contributed by atoms with Crippen LogP contribution in [-0.2, 0) is 0 Å².